The van der Waals surface area contributed by atoms with Crippen molar-refractivity contribution in [2.24, 2.45) is 0 Å². The van der Waals surface area contributed by atoms with Crippen LogP contribution in [0.3, 0.4) is 0 Å². The summed E-state index contributed by atoms with van der Waals surface area (Å²) in [5.74, 6) is -0.612. The molecule has 0 aliphatic rings. The number of hydrogen-bond acceptors (Lipinski definition) is 3. The smallest absolute Gasteiger partial charge is 0.262 e. The minimum atomic E-state index is -0.435. The Morgan fingerprint density at radius 3 is 2.61 bits per heavy atom. The Bertz CT molecular complexity index is 708. The molecule has 0 unspecified atom stereocenters. The van der Waals surface area contributed by atoms with E-state index in [-0.39, 0.29) is 23.5 Å². The number of carbonyl (C=O) groups is 1. The zero-order chi connectivity index (χ0) is 17.0. The fourth-order valence-corrected chi connectivity index (χ4v) is 1.99. The molecular formula is C18H20FNO3. The van der Waals surface area contributed by atoms with Crippen LogP contribution in [-0.4, -0.2) is 17.6 Å². The molecule has 0 radical (unpaired) electrons. The van der Waals surface area contributed by atoms with Gasteiger partial charge in [-0.3, -0.25) is 4.79 Å². The lowest BCUT2D eigenvalue weighted by molar-refractivity contribution is -0.118. The third kappa shape index (κ3) is 4.71. The van der Waals surface area contributed by atoms with Crippen molar-refractivity contribution in [2.75, 3.05) is 11.9 Å². The Balaban J connectivity index is 2.02. The van der Waals surface area contributed by atoms with Crippen LogP contribution in [-0.2, 0) is 10.2 Å². The highest BCUT2D eigenvalue weighted by molar-refractivity contribution is 5.93. The third-order valence-electron chi connectivity index (χ3n) is 3.30. The van der Waals surface area contributed by atoms with E-state index in [0.29, 0.717) is 5.69 Å². The first-order valence-electron chi connectivity index (χ1n) is 7.27. The molecule has 0 aliphatic carbocycles. The number of amides is 1. The zero-order valence-electron chi connectivity index (χ0n) is 13.4. The van der Waals surface area contributed by atoms with Gasteiger partial charge in [0.15, 0.2) is 6.61 Å². The number of halogens is 1. The first-order valence-corrected chi connectivity index (χ1v) is 7.27. The summed E-state index contributed by atoms with van der Waals surface area (Å²) in [6.07, 6.45) is 0. The van der Waals surface area contributed by atoms with Crippen molar-refractivity contribution >= 4 is 11.6 Å². The maximum Gasteiger partial charge on any atom is 0.262 e. The van der Waals surface area contributed by atoms with E-state index in [4.69, 9.17) is 4.74 Å². The van der Waals surface area contributed by atoms with Gasteiger partial charge in [0.1, 0.15) is 17.3 Å². The normalized spacial score (nSPS) is 11.1. The fraction of sp³-hybridized carbons (Fsp3) is 0.278. The molecule has 0 fully saturated rings. The number of ether oxygens (including phenoxy) is 1. The number of hydrogen-bond donors (Lipinski definition) is 2. The number of aromatic hydroxyl groups is 1. The summed E-state index contributed by atoms with van der Waals surface area (Å²) in [5.41, 5.74) is 1.20. The van der Waals surface area contributed by atoms with Gasteiger partial charge in [-0.15, -0.1) is 0 Å². The Morgan fingerprint density at radius 1 is 1.22 bits per heavy atom. The van der Waals surface area contributed by atoms with Crippen LogP contribution in [0, 0.1) is 5.82 Å². The number of phenolic OH excluding ortho intramolecular Hbond substituents is 1. The molecule has 2 rings (SSSR count). The second-order valence-corrected chi connectivity index (χ2v) is 6.28. The van der Waals surface area contributed by atoms with Crippen LogP contribution in [0.4, 0.5) is 10.1 Å². The molecule has 0 saturated carbocycles. The van der Waals surface area contributed by atoms with Gasteiger partial charge >= 0.3 is 0 Å². The molecule has 1 amide bonds. The Kier molecular flexibility index (Phi) is 4.89. The van der Waals surface area contributed by atoms with E-state index < -0.39 is 11.7 Å². The monoisotopic (exact) mass is 317 g/mol. The van der Waals surface area contributed by atoms with Gasteiger partial charge in [-0.1, -0.05) is 32.9 Å². The van der Waals surface area contributed by atoms with Crippen LogP contribution in [0.2, 0.25) is 0 Å². The molecule has 122 valence electrons. The molecule has 0 aliphatic heterocycles. The van der Waals surface area contributed by atoms with Gasteiger partial charge in [-0.05, 0) is 35.2 Å². The number of anilines is 1. The van der Waals surface area contributed by atoms with E-state index in [9.17, 15) is 14.3 Å². The van der Waals surface area contributed by atoms with E-state index in [1.54, 1.807) is 18.2 Å². The van der Waals surface area contributed by atoms with E-state index in [0.717, 1.165) is 5.56 Å². The van der Waals surface area contributed by atoms with Crippen LogP contribution in [0.5, 0.6) is 11.5 Å². The van der Waals surface area contributed by atoms with E-state index in [1.165, 1.54) is 18.2 Å². The van der Waals surface area contributed by atoms with Crippen molar-refractivity contribution in [3.63, 3.8) is 0 Å². The van der Waals surface area contributed by atoms with E-state index in [2.05, 4.69) is 5.32 Å². The standard InChI is InChI=1S/C18H20FNO3/c1-18(2,3)12-7-8-16(21)15(9-12)20-17(22)11-23-14-6-4-5-13(19)10-14/h4-10,21H,11H2,1-3H3,(H,20,22). The van der Waals surface area contributed by atoms with Gasteiger partial charge < -0.3 is 15.2 Å². The lowest BCUT2D eigenvalue weighted by atomic mass is 9.87. The van der Waals surface area contributed by atoms with Gasteiger partial charge in [-0.2, -0.15) is 0 Å². The summed E-state index contributed by atoms with van der Waals surface area (Å²) in [5, 5.41) is 12.5. The van der Waals surface area contributed by atoms with E-state index >= 15 is 0 Å². The van der Waals surface area contributed by atoms with Gasteiger partial charge in [0.05, 0.1) is 5.69 Å². The highest BCUT2D eigenvalue weighted by Gasteiger charge is 2.16. The first kappa shape index (κ1) is 16.8. The summed E-state index contributed by atoms with van der Waals surface area (Å²) in [6, 6.07) is 10.6. The maximum atomic E-state index is 13.0. The van der Waals surface area contributed by atoms with Gasteiger partial charge in [0, 0.05) is 6.07 Å². The molecule has 5 heteroatoms. The van der Waals surface area contributed by atoms with Crippen molar-refractivity contribution < 1.29 is 19.0 Å². The van der Waals surface area contributed by atoms with E-state index in [1.807, 2.05) is 26.8 Å². The first-order chi connectivity index (χ1) is 10.8. The number of rotatable bonds is 4. The molecule has 2 aromatic carbocycles. The van der Waals surface area contributed by atoms with Crippen LogP contribution < -0.4 is 10.1 Å². The largest absolute Gasteiger partial charge is 0.506 e. The molecule has 2 aromatic rings. The molecule has 4 nitrogen and oxygen atoms in total. The van der Waals surface area contributed by atoms with Crippen molar-refractivity contribution in [1.29, 1.82) is 0 Å². The Morgan fingerprint density at radius 2 is 1.96 bits per heavy atom. The molecule has 0 bridgehead atoms. The van der Waals surface area contributed by atoms with Crippen LogP contribution in [0.25, 0.3) is 0 Å². The highest BCUT2D eigenvalue weighted by Crippen LogP contribution is 2.30. The predicted octanol–water partition coefficient (Wildman–Crippen LogP) is 3.85. The maximum absolute atomic E-state index is 13.0. The van der Waals surface area contributed by atoms with Crippen LogP contribution in [0.15, 0.2) is 42.5 Å². The second-order valence-electron chi connectivity index (χ2n) is 6.28. The number of benzene rings is 2. The topological polar surface area (TPSA) is 58.6 Å². The number of nitrogens with one attached hydrogen (secondary N) is 1. The average Bonchev–Trinajstić information content (AvgIpc) is 2.46. The summed E-state index contributed by atoms with van der Waals surface area (Å²) in [7, 11) is 0. The molecule has 0 spiro atoms. The highest BCUT2D eigenvalue weighted by atomic mass is 19.1. The molecule has 0 aromatic heterocycles. The minimum Gasteiger partial charge on any atom is -0.506 e. The number of carbonyl (C=O) groups excluding carboxylic acids is 1. The quantitative estimate of drug-likeness (QED) is 0.842. The average molecular weight is 317 g/mol. The molecule has 0 saturated heterocycles. The Hall–Kier alpha value is -2.56. The fourth-order valence-electron chi connectivity index (χ4n) is 1.99. The molecule has 23 heavy (non-hydrogen) atoms. The van der Waals surface area contributed by atoms with Crippen molar-refractivity contribution in [1.82, 2.24) is 0 Å². The van der Waals surface area contributed by atoms with Gasteiger partial charge in [0.2, 0.25) is 0 Å². The molecule has 0 atom stereocenters. The lowest BCUT2D eigenvalue weighted by Gasteiger charge is -2.20. The minimum absolute atomic E-state index is 0.0166. The Labute approximate surface area is 134 Å². The number of phenols is 1. The molecule has 2 N–H and O–H groups in total. The zero-order valence-corrected chi connectivity index (χ0v) is 13.4. The van der Waals surface area contributed by atoms with Crippen molar-refractivity contribution in [3.8, 4) is 11.5 Å². The predicted molar refractivity (Wildman–Crippen MR) is 87.3 cm³/mol. The van der Waals surface area contributed by atoms with Crippen LogP contribution >= 0.6 is 0 Å². The second kappa shape index (κ2) is 6.69. The lowest BCUT2D eigenvalue weighted by Crippen LogP contribution is -2.21. The molecular weight excluding hydrogens is 297 g/mol. The van der Waals surface area contributed by atoms with Gasteiger partial charge in [-0.25, -0.2) is 4.39 Å². The molecule has 0 heterocycles. The van der Waals surface area contributed by atoms with Crippen LogP contribution in [0.1, 0.15) is 26.3 Å². The third-order valence-corrected chi connectivity index (χ3v) is 3.30. The summed E-state index contributed by atoms with van der Waals surface area (Å²) >= 11 is 0. The SMILES string of the molecule is CC(C)(C)c1ccc(O)c(NC(=O)COc2cccc(F)c2)c1. The van der Waals surface area contributed by atoms with Crippen molar-refractivity contribution in [3.05, 3.63) is 53.8 Å². The summed E-state index contributed by atoms with van der Waals surface area (Å²) < 4.78 is 18.3. The summed E-state index contributed by atoms with van der Waals surface area (Å²) in [6.45, 7) is 5.84. The van der Waals surface area contributed by atoms with Crippen molar-refractivity contribution in [2.45, 2.75) is 26.2 Å². The van der Waals surface area contributed by atoms with Gasteiger partial charge in [0.25, 0.3) is 5.91 Å². The summed E-state index contributed by atoms with van der Waals surface area (Å²) in [4.78, 5) is 11.9.